The number of nitrogens with zero attached hydrogens (tertiary/aromatic N) is 2. The first-order valence-electron chi connectivity index (χ1n) is 6.44. The van der Waals surface area contributed by atoms with Gasteiger partial charge in [-0.1, -0.05) is 0 Å². The average molecular weight is 263 g/mol. The topological polar surface area (TPSA) is 92.2 Å². The fourth-order valence-electron chi connectivity index (χ4n) is 1.70. The minimum atomic E-state index is -0.959. The van der Waals surface area contributed by atoms with E-state index < -0.39 is 5.97 Å². The molecule has 19 heavy (non-hydrogen) atoms. The number of carbonyl (C=O) groups is 2. The Morgan fingerprint density at radius 2 is 1.95 bits per heavy atom. The summed E-state index contributed by atoms with van der Waals surface area (Å²) in [7, 11) is 0. The van der Waals surface area contributed by atoms with E-state index in [1.807, 2.05) is 0 Å². The van der Waals surface area contributed by atoms with Crippen LogP contribution in [-0.4, -0.2) is 33.5 Å². The molecule has 1 aliphatic rings. The quantitative estimate of drug-likeness (QED) is 0.761. The molecule has 0 aliphatic heterocycles. The molecule has 1 aromatic rings. The van der Waals surface area contributed by atoms with Gasteiger partial charge in [0.15, 0.2) is 0 Å². The summed E-state index contributed by atoms with van der Waals surface area (Å²) in [5, 5.41) is 11.1. The number of carboxylic acid groups (broad SMARTS) is 1. The number of hydrogen-bond donors (Lipinski definition) is 2. The smallest absolute Gasteiger partial charge is 0.303 e. The van der Waals surface area contributed by atoms with Gasteiger partial charge in [0.1, 0.15) is 5.82 Å². The molecule has 0 saturated heterocycles. The highest BCUT2D eigenvalue weighted by Crippen LogP contribution is 2.37. The summed E-state index contributed by atoms with van der Waals surface area (Å²) in [5.41, 5.74) is 0.975. The third kappa shape index (κ3) is 4.65. The molecule has 1 aliphatic carbocycles. The Balaban J connectivity index is 1.67. The zero-order valence-electron chi connectivity index (χ0n) is 10.6. The molecular formula is C13H17N3O3. The molecule has 0 atom stereocenters. The molecular weight excluding hydrogens is 246 g/mol. The zero-order chi connectivity index (χ0) is 13.7. The van der Waals surface area contributed by atoms with Crippen molar-refractivity contribution in [3.05, 3.63) is 23.8 Å². The van der Waals surface area contributed by atoms with Crippen LogP contribution in [0.3, 0.4) is 0 Å². The van der Waals surface area contributed by atoms with Crippen molar-refractivity contribution >= 4 is 11.9 Å². The molecule has 1 amide bonds. The van der Waals surface area contributed by atoms with Gasteiger partial charge in [0.05, 0.1) is 6.42 Å². The minimum Gasteiger partial charge on any atom is -0.481 e. The molecule has 0 radical (unpaired) electrons. The summed E-state index contributed by atoms with van der Waals surface area (Å²) in [6.07, 6.45) is 6.49. The van der Waals surface area contributed by atoms with E-state index in [4.69, 9.17) is 5.11 Å². The number of amides is 1. The van der Waals surface area contributed by atoms with Crippen LogP contribution in [0.4, 0.5) is 0 Å². The van der Waals surface area contributed by atoms with E-state index in [0.717, 1.165) is 11.4 Å². The van der Waals surface area contributed by atoms with Gasteiger partial charge in [-0.3, -0.25) is 9.59 Å². The first kappa shape index (κ1) is 13.5. The summed E-state index contributed by atoms with van der Waals surface area (Å²) in [6.45, 7) is 0.477. The van der Waals surface area contributed by atoms with E-state index >= 15 is 0 Å². The normalized spacial score (nSPS) is 14.1. The van der Waals surface area contributed by atoms with Crippen molar-refractivity contribution in [2.75, 3.05) is 6.54 Å². The highest BCUT2D eigenvalue weighted by atomic mass is 16.4. The lowest BCUT2D eigenvalue weighted by Gasteiger charge is -2.04. The molecule has 0 spiro atoms. The highest BCUT2D eigenvalue weighted by molar-refractivity contribution is 5.80. The fourth-order valence-corrected chi connectivity index (χ4v) is 1.70. The summed E-state index contributed by atoms with van der Waals surface area (Å²) in [4.78, 5) is 30.2. The number of nitrogens with one attached hydrogen (secondary N) is 1. The molecule has 0 aromatic carbocycles. The van der Waals surface area contributed by atoms with Crippen LogP contribution in [0.5, 0.6) is 0 Å². The van der Waals surface area contributed by atoms with E-state index in [1.165, 1.54) is 12.8 Å². The van der Waals surface area contributed by atoms with Crippen molar-refractivity contribution in [3.63, 3.8) is 0 Å². The molecule has 1 fully saturated rings. The lowest BCUT2D eigenvalue weighted by atomic mass is 10.2. The maximum Gasteiger partial charge on any atom is 0.303 e. The molecule has 102 valence electrons. The summed E-state index contributed by atoms with van der Waals surface area (Å²) < 4.78 is 0. The van der Waals surface area contributed by atoms with Crippen LogP contribution < -0.4 is 5.32 Å². The van der Waals surface area contributed by atoms with Crippen LogP contribution in [0.2, 0.25) is 0 Å². The van der Waals surface area contributed by atoms with Crippen molar-refractivity contribution in [2.24, 2.45) is 0 Å². The fraction of sp³-hybridized carbons (Fsp3) is 0.538. The van der Waals surface area contributed by atoms with E-state index in [1.54, 1.807) is 12.4 Å². The van der Waals surface area contributed by atoms with Gasteiger partial charge in [0.2, 0.25) is 5.91 Å². The minimum absolute atomic E-state index is 0.0203. The number of hydrogen-bond acceptors (Lipinski definition) is 4. The molecule has 1 saturated carbocycles. The Kier molecular flexibility index (Phi) is 4.43. The lowest BCUT2D eigenvalue weighted by molar-refractivity contribution is -0.138. The SMILES string of the molecule is O=C(O)CCC(=O)NCCc1cnc(C2CC2)nc1. The van der Waals surface area contributed by atoms with Gasteiger partial charge in [-0.2, -0.15) is 0 Å². The van der Waals surface area contributed by atoms with E-state index in [9.17, 15) is 9.59 Å². The summed E-state index contributed by atoms with van der Waals surface area (Å²) >= 11 is 0. The van der Waals surface area contributed by atoms with Crippen LogP contribution in [0.1, 0.15) is 43.0 Å². The summed E-state index contributed by atoms with van der Waals surface area (Å²) in [5.74, 6) is 0.260. The lowest BCUT2D eigenvalue weighted by Crippen LogP contribution is -2.26. The third-order valence-electron chi connectivity index (χ3n) is 2.97. The van der Waals surface area contributed by atoms with Gasteiger partial charge in [-0.05, 0) is 24.8 Å². The van der Waals surface area contributed by atoms with Crippen molar-refractivity contribution in [1.29, 1.82) is 0 Å². The Hall–Kier alpha value is -1.98. The van der Waals surface area contributed by atoms with E-state index in [-0.39, 0.29) is 18.7 Å². The van der Waals surface area contributed by atoms with Crippen LogP contribution in [-0.2, 0) is 16.0 Å². The zero-order valence-corrected chi connectivity index (χ0v) is 10.6. The maximum atomic E-state index is 11.3. The average Bonchev–Trinajstić information content (AvgIpc) is 3.21. The number of carboxylic acids is 1. The predicted molar refractivity (Wildman–Crippen MR) is 67.6 cm³/mol. The number of carbonyl (C=O) groups excluding carboxylic acids is 1. The van der Waals surface area contributed by atoms with E-state index in [0.29, 0.717) is 18.9 Å². The first-order valence-corrected chi connectivity index (χ1v) is 6.44. The van der Waals surface area contributed by atoms with Gasteiger partial charge < -0.3 is 10.4 Å². The third-order valence-corrected chi connectivity index (χ3v) is 2.97. The van der Waals surface area contributed by atoms with E-state index in [2.05, 4.69) is 15.3 Å². The van der Waals surface area contributed by atoms with Crippen molar-refractivity contribution < 1.29 is 14.7 Å². The Bertz CT molecular complexity index is 455. The van der Waals surface area contributed by atoms with Gasteiger partial charge in [-0.15, -0.1) is 0 Å². The molecule has 6 heteroatoms. The van der Waals surface area contributed by atoms with Crippen LogP contribution in [0.25, 0.3) is 0 Å². The molecule has 0 bridgehead atoms. The van der Waals surface area contributed by atoms with Crippen LogP contribution in [0.15, 0.2) is 12.4 Å². The number of rotatable bonds is 7. The standard InChI is InChI=1S/C13H17N3O3/c17-11(3-4-12(18)19)14-6-5-9-7-15-13(16-8-9)10-1-2-10/h7-8,10H,1-6H2,(H,14,17)(H,18,19). The van der Waals surface area contributed by atoms with Crippen molar-refractivity contribution in [1.82, 2.24) is 15.3 Å². The molecule has 2 rings (SSSR count). The first-order chi connectivity index (χ1) is 9.15. The summed E-state index contributed by atoms with van der Waals surface area (Å²) in [6, 6.07) is 0. The molecule has 1 aromatic heterocycles. The van der Waals surface area contributed by atoms with Crippen LogP contribution >= 0.6 is 0 Å². The Labute approximate surface area is 111 Å². The second kappa shape index (κ2) is 6.26. The number of aromatic nitrogens is 2. The predicted octanol–water partition coefficient (Wildman–Crippen LogP) is 0.877. The van der Waals surface area contributed by atoms with Gasteiger partial charge in [0.25, 0.3) is 0 Å². The van der Waals surface area contributed by atoms with Crippen molar-refractivity contribution in [2.45, 2.75) is 38.0 Å². The maximum absolute atomic E-state index is 11.3. The molecule has 0 unspecified atom stereocenters. The highest BCUT2D eigenvalue weighted by Gasteiger charge is 2.25. The van der Waals surface area contributed by atoms with Gasteiger partial charge in [-0.25, -0.2) is 9.97 Å². The number of aliphatic carboxylic acids is 1. The second-order valence-corrected chi connectivity index (χ2v) is 4.72. The Morgan fingerprint density at radius 3 is 2.53 bits per heavy atom. The van der Waals surface area contributed by atoms with Gasteiger partial charge >= 0.3 is 5.97 Å². The Morgan fingerprint density at radius 1 is 1.26 bits per heavy atom. The molecule has 6 nitrogen and oxygen atoms in total. The van der Waals surface area contributed by atoms with Crippen LogP contribution in [0, 0.1) is 0 Å². The van der Waals surface area contributed by atoms with Gasteiger partial charge in [0, 0.05) is 31.3 Å². The second-order valence-electron chi connectivity index (χ2n) is 4.72. The molecule has 1 heterocycles. The van der Waals surface area contributed by atoms with Crippen molar-refractivity contribution in [3.8, 4) is 0 Å². The largest absolute Gasteiger partial charge is 0.481 e. The monoisotopic (exact) mass is 263 g/mol. The molecule has 2 N–H and O–H groups in total.